The van der Waals surface area contributed by atoms with Gasteiger partial charge < -0.3 is 11.1 Å². The van der Waals surface area contributed by atoms with Crippen molar-refractivity contribution in [1.82, 2.24) is 15.3 Å². The molecule has 0 unspecified atom stereocenters. The van der Waals surface area contributed by atoms with Crippen molar-refractivity contribution in [3.63, 3.8) is 0 Å². The van der Waals surface area contributed by atoms with Gasteiger partial charge in [-0.1, -0.05) is 0 Å². The number of anilines is 1. The molecule has 0 amide bonds. The van der Waals surface area contributed by atoms with Crippen LogP contribution in [0.2, 0.25) is 0 Å². The Labute approximate surface area is 72.2 Å². The minimum atomic E-state index is 0.350. The third kappa shape index (κ3) is 1.71. The minimum absolute atomic E-state index is 0.350. The van der Waals surface area contributed by atoms with E-state index in [1.807, 2.05) is 20.9 Å². The van der Waals surface area contributed by atoms with Gasteiger partial charge in [-0.05, 0) is 26.5 Å². The predicted molar refractivity (Wildman–Crippen MR) is 48.7 cm³/mol. The van der Waals surface area contributed by atoms with E-state index in [0.29, 0.717) is 5.95 Å². The Hall–Kier alpha value is -1.16. The third-order valence-corrected chi connectivity index (χ3v) is 1.85. The van der Waals surface area contributed by atoms with Crippen molar-refractivity contribution >= 4 is 5.95 Å². The van der Waals surface area contributed by atoms with E-state index in [0.717, 1.165) is 23.5 Å². The highest BCUT2D eigenvalue weighted by Gasteiger charge is 2.04. The molecule has 0 spiro atoms. The number of aryl methyl sites for hydroxylation is 1. The van der Waals surface area contributed by atoms with E-state index < -0.39 is 0 Å². The van der Waals surface area contributed by atoms with Crippen molar-refractivity contribution in [3.8, 4) is 0 Å². The van der Waals surface area contributed by atoms with Crippen LogP contribution in [0.1, 0.15) is 17.0 Å². The van der Waals surface area contributed by atoms with E-state index in [1.165, 1.54) is 0 Å². The molecule has 0 bridgehead atoms. The summed E-state index contributed by atoms with van der Waals surface area (Å²) in [6.45, 7) is 4.67. The number of aromatic nitrogens is 2. The molecular formula is C8H14N4. The lowest BCUT2D eigenvalue weighted by molar-refractivity contribution is 0.776. The van der Waals surface area contributed by atoms with Gasteiger partial charge >= 0.3 is 0 Å². The van der Waals surface area contributed by atoms with Crippen molar-refractivity contribution in [1.29, 1.82) is 0 Å². The van der Waals surface area contributed by atoms with E-state index in [4.69, 9.17) is 5.73 Å². The molecule has 0 saturated heterocycles. The third-order valence-electron chi connectivity index (χ3n) is 1.85. The summed E-state index contributed by atoms with van der Waals surface area (Å²) in [4.78, 5) is 8.18. The van der Waals surface area contributed by atoms with Gasteiger partial charge in [-0.15, -0.1) is 0 Å². The van der Waals surface area contributed by atoms with Crippen LogP contribution >= 0.6 is 0 Å². The topological polar surface area (TPSA) is 63.8 Å². The van der Waals surface area contributed by atoms with Crippen molar-refractivity contribution in [2.75, 3.05) is 12.8 Å². The molecule has 1 aromatic heterocycles. The summed E-state index contributed by atoms with van der Waals surface area (Å²) in [5.41, 5.74) is 8.54. The standard InChI is InChI=1S/C8H14N4/c1-5-6(2)11-8(9)12-7(5)4-10-3/h10H,4H2,1-3H3,(H2,9,11,12). The second-order valence-corrected chi connectivity index (χ2v) is 2.77. The highest BCUT2D eigenvalue weighted by atomic mass is 15.0. The molecule has 4 nitrogen and oxygen atoms in total. The molecule has 0 saturated carbocycles. The number of hydrogen-bond acceptors (Lipinski definition) is 4. The molecule has 1 rings (SSSR count). The molecule has 0 fully saturated rings. The first-order chi connectivity index (χ1) is 5.65. The van der Waals surface area contributed by atoms with Gasteiger partial charge in [0, 0.05) is 12.2 Å². The van der Waals surface area contributed by atoms with Crippen LogP contribution in [0.4, 0.5) is 5.95 Å². The lowest BCUT2D eigenvalue weighted by Gasteiger charge is -2.06. The monoisotopic (exact) mass is 166 g/mol. The minimum Gasteiger partial charge on any atom is -0.368 e. The fraction of sp³-hybridized carbons (Fsp3) is 0.500. The van der Waals surface area contributed by atoms with E-state index in [9.17, 15) is 0 Å². The second-order valence-electron chi connectivity index (χ2n) is 2.77. The van der Waals surface area contributed by atoms with Crippen molar-refractivity contribution in [3.05, 3.63) is 17.0 Å². The maximum Gasteiger partial charge on any atom is 0.220 e. The van der Waals surface area contributed by atoms with Crippen LogP contribution in [-0.2, 0) is 6.54 Å². The van der Waals surface area contributed by atoms with Crippen molar-refractivity contribution < 1.29 is 0 Å². The molecule has 4 heteroatoms. The van der Waals surface area contributed by atoms with Crippen LogP contribution in [0.25, 0.3) is 0 Å². The van der Waals surface area contributed by atoms with Gasteiger partial charge in [0.15, 0.2) is 0 Å². The fourth-order valence-corrected chi connectivity index (χ4v) is 1.05. The first kappa shape index (κ1) is 8.93. The lowest BCUT2D eigenvalue weighted by atomic mass is 10.2. The van der Waals surface area contributed by atoms with Crippen LogP contribution < -0.4 is 11.1 Å². The highest BCUT2D eigenvalue weighted by Crippen LogP contribution is 2.09. The number of hydrogen-bond donors (Lipinski definition) is 2. The summed E-state index contributed by atoms with van der Waals surface area (Å²) in [6.07, 6.45) is 0. The van der Waals surface area contributed by atoms with Crippen LogP contribution in [0, 0.1) is 13.8 Å². The van der Waals surface area contributed by atoms with Gasteiger partial charge in [-0.25, -0.2) is 9.97 Å². The average Bonchev–Trinajstić information content (AvgIpc) is 2.00. The van der Waals surface area contributed by atoms with Gasteiger partial charge in [0.05, 0.1) is 5.69 Å². The Morgan fingerprint density at radius 2 is 2.00 bits per heavy atom. The Kier molecular flexibility index (Phi) is 2.60. The lowest BCUT2D eigenvalue weighted by Crippen LogP contribution is -2.12. The van der Waals surface area contributed by atoms with Crippen LogP contribution in [0.5, 0.6) is 0 Å². The van der Waals surface area contributed by atoms with Gasteiger partial charge in [0.1, 0.15) is 0 Å². The normalized spacial score (nSPS) is 10.2. The number of nitrogen functional groups attached to an aromatic ring is 1. The Morgan fingerprint density at radius 3 is 2.58 bits per heavy atom. The molecule has 12 heavy (non-hydrogen) atoms. The van der Waals surface area contributed by atoms with Gasteiger partial charge in [-0.2, -0.15) is 0 Å². The van der Waals surface area contributed by atoms with E-state index >= 15 is 0 Å². The molecule has 0 aliphatic rings. The SMILES string of the molecule is CNCc1nc(N)nc(C)c1C. The van der Waals surface area contributed by atoms with Crippen molar-refractivity contribution in [2.24, 2.45) is 0 Å². The van der Waals surface area contributed by atoms with Crippen LogP contribution in [0.15, 0.2) is 0 Å². The number of nitrogens with two attached hydrogens (primary N) is 1. The second kappa shape index (κ2) is 3.49. The number of nitrogens with zero attached hydrogens (tertiary/aromatic N) is 2. The molecule has 0 aliphatic heterocycles. The molecule has 66 valence electrons. The van der Waals surface area contributed by atoms with Crippen LogP contribution in [0.3, 0.4) is 0 Å². The summed E-state index contributed by atoms with van der Waals surface area (Å²) in [5.74, 6) is 0.350. The molecule has 1 aromatic rings. The summed E-state index contributed by atoms with van der Waals surface area (Å²) < 4.78 is 0. The first-order valence-corrected chi connectivity index (χ1v) is 3.89. The summed E-state index contributed by atoms with van der Waals surface area (Å²) in [5, 5.41) is 3.03. The van der Waals surface area contributed by atoms with Gasteiger partial charge in [-0.3, -0.25) is 0 Å². The van der Waals surface area contributed by atoms with Gasteiger partial charge in [0.25, 0.3) is 0 Å². The average molecular weight is 166 g/mol. The number of rotatable bonds is 2. The molecule has 0 aliphatic carbocycles. The Morgan fingerprint density at radius 1 is 1.33 bits per heavy atom. The number of nitrogens with one attached hydrogen (secondary N) is 1. The molecule has 3 N–H and O–H groups in total. The maximum absolute atomic E-state index is 5.51. The zero-order valence-electron chi connectivity index (χ0n) is 7.68. The zero-order chi connectivity index (χ0) is 9.14. The van der Waals surface area contributed by atoms with E-state index in [2.05, 4.69) is 15.3 Å². The molecule has 0 aromatic carbocycles. The molecule has 0 radical (unpaired) electrons. The molecular weight excluding hydrogens is 152 g/mol. The predicted octanol–water partition coefficient (Wildman–Crippen LogP) is 0.395. The summed E-state index contributed by atoms with van der Waals surface area (Å²) >= 11 is 0. The molecule has 1 heterocycles. The zero-order valence-corrected chi connectivity index (χ0v) is 7.68. The Bertz CT molecular complexity index is 283. The van der Waals surface area contributed by atoms with E-state index in [1.54, 1.807) is 0 Å². The van der Waals surface area contributed by atoms with Crippen LogP contribution in [-0.4, -0.2) is 17.0 Å². The maximum atomic E-state index is 5.51. The first-order valence-electron chi connectivity index (χ1n) is 3.89. The fourth-order valence-electron chi connectivity index (χ4n) is 1.05. The van der Waals surface area contributed by atoms with Crippen molar-refractivity contribution in [2.45, 2.75) is 20.4 Å². The van der Waals surface area contributed by atoms with Gasteiger partial charge in [0.2, 0.25) is 5.95 Å². The highest BCUT2D eigenvalue weighted by molar-refractivity contribution is 5.29. The smallest absolute Gasteiger partial charge is 0.220 e. The summed E-state index contributed by atoms with van der Waals surface area (Å²) in [7, 11) is 1.88. The quantitative estimate of drug-likeness (QED) is 0.667. The Balaban J connectivity index is 3.09. The largest absolute Gasteiger partial charge is 0.368 e. The van der Waals surface area contributed by atoms with E-state index in [-0.39, 0.29) is 0 Å². The summed E-state index contributed by atoms with van der Waals surface area (Å²) in [6, 6.07) is 0. The molecule has 0 atom stereocenters.